The van der Waals surface area contributed by atoms with Crippen LogP contribution in [0.5, 0.6) is 5.75 Å². The molecule has 2 aromatic rings. The molecule has 25 heavy (non-hydrogen) atoms. The van der Waals surface area contributed by atoms with Gasteiger partial charge in [-0.1, -0.05) is 35.9 Å². The van der Waals surface area contributed by atoms with Gasteiger partial charge in [0.05, 0.1) is 18.4 Å². The lowest BCUT2D eigenvalue weighted by Crippen LogP contribution is -2.25. The van der Waals surface area contributed by atoms with Gasteiger partial charge in [0.1, 0.15) is 5.75 Å². The number of hydrogen-bond acceptors (Lipinski definition) is 4. The smallest absolute Gasteiger partial charge is 0.255 e. The van der Waals surface area contributed by atoms with Crippen LogP contribution in [0.2, 0.25) is 5.02 Å². The largest absolute Gasteiger partial charge is 0.496 e. The third-order valence-corrected chi connectivity index (χ3v) is 5.17. The number of sulfonamides is 1. The molecule has 0 fully saturated rings. The fourth-order valence-corrected chi connectivity index (χ4v) is 3.28. The summed E-state index contributed by atoms with van der Waals surface area (Å²) in [4.78, 5) is 12.4. The van der Waals surface area contributed by atoms with E-state index in [2.05, 4.69) is 10.0 Å². The lowest BCUT2D eigenvalue weighted by atomic mass is 10.1. The number of halogens is 1. The normalized spacial score (nSPS) is 11.2. The Morgan fingerprint density at radius 1 is 1.16 bits per heavy atom. The van der Waals surface area contributed by atoms with E-state index in [1.807, 2.05) is 0 Å². The van der Waals surface area contributed by atoms with Crippen molar-refractivity contribution in [3.63, 3.8) is 0 Å². The van der Waals surface area contributed by atoms with Crippen LogP contribution in [0, 0.1) is 0 Å². The predicted molar refractivity (Wildman–Crippen MR) is 97.3 cm³/mol. The van der Waals surface area contributed by atoms with Crippen LogP contribution in [-0.2, 0) is 22.3 Å². The Kier molecular flexibility index (Phi) is 6.41. The Morgan fingerprint density at radius 2 is 1.84 bits per heavy atom. The molecule has 8 heteroatoms. The zero-order valence-electron chi connectivity index (χ0n) is 13.9. The minimum atomic E-state index is -3.40. The molecule has 0 radical (unpaired) electrons. The van der Waals surface area contributed by atoms with Crippen LogP contribution in [0.25, 0.3) is 0 Å². The van der Waals surface area contributed by atoms with Crippen LogP contribution < -0.4 is 14.8 Å². The van der Waals surface area contributed by atoms with E-state index in [-0.39, 0.29) is 18.2 Å². The first kappa shape index (κ1) is 19.2. The molecular formula is C17H19ClN2O4S. The highest BCUT2D eigenvalue weighted by atomic mass is 35.5. The molecule has 0 bridgehead atoms. The number of rotatable bonds is 7. The summed E-state index contributed by atoms with van der Waals surface area (Å²) in [6.45, 7) is 0.184. The van der Waals surface area contributed by atoms with Gasteiger partial charge in [-0.15, -0.1) is 0 Å². The van der Waals surface area contributed by atoms with Crippen LogP contribution in [0.1, 0.15) is 21.5 Å². The molecule has 0 unspecified atom stereocenters. The topological polar surface area (TPSA) is 84.5 Å². The first-order valence-electron chi connectivity index (χ1n) is 7.46. The maximum atomic E-state index is 12.4. The maximum Gasteiger partial charge on any atom is 0.255 e. The minimum absolute atomic E-state index is 0.157. The van der Waals surface area contributed by atoms with E-state index in [9.17, 15) is 13.2 Å². The Labute approximate surface area is 152 Å². The molecule has 0 aliphatic heterocycles. The highest BCUT2D eigenvalue weighted by molar-refractivity contribution is 7.88. The number of hydrogen-bond donors (Lipinski definition) is 2. The molecule has 2 N–H and O–H groups in total. The number of amides is 1. The van der Waals surface area contributed by atoms with E-state index >= 15 is 0 Å². The Morgan fingerprint density at radius 3 is 2.48 bits per heavy atom. The highest BCUT2D eigenvalue weighted by Crippen LogP contribution is 2.22. The summed E-state index contributed by atoms with van der Waals surface area (Å²) in [6.07, 6.45) is 0. The number of carbonyl (C=O) groups is 1. The van der Waals surface area contributed by atoms with E-state index in [0.29, 0.717) is 21.9 Å². The van der Waals surface area contributed by atoms with Crippen LogP contribution in [0.4, 0.5) is 0 Å². The van der Waals surface area contributed by atoms with Gasteiger partial charge in [-0.25, -0.2) is 13.1 Å². The second kappa shape index (κ2) is 8.33. The summed E-state index contributed by atoms with van der Waals surface area (Å²) in [5.74, 6) is -0.102. The van der Waals surface area contributed by atoms with E-state index < -0.39 is 10.0 Å². The number of carbonyl (C=O) groups excluding carboxylic acids is 1. The van der Waals surface area contributed by atoms with Gasteiger partial charge in [-0.05, 0) is 36.4 Å². The molecule has 1 amide bonds. The monoisotopic (exact) mass is 382 g/mol. The molecular weight excluding hydrogens is 364 g/mol. The van der Waals surface area contributed by atoms with Crippen molar-refractivity contribution in [2.75, 3.05) is 14.2 Å². The fraction of sp³-hybridized carbons (Fsp3) is 0.235. The quantitative estimate of drug-likeness (QED) is 0.769. The summed E-state index contributed by atoms with van der Waals surface area (Å²) < 4.78 is 31.0. The summed E-state index contributed by atoms with van der Waals surface area (Å²) in [5, 5.41) is 3.19. The zero-order chi connectivity index (χ0) is 18.4. The number of benzene rings is 2. The second-order valence-corrected chi connectivity index (χ2v) is 7.62. The third kappa shape index (κ3) is 5.19. The van der Waals surface area contributed by atoms with Crippen molar-refractivity contribution in [3.8, 4) is 5.75 Å². The Balaban J connectivity index is 2.17. The molecule has 0 atom stereocenters. The minimum Gasteiger partial charge on any atom is -0.496 e. The van der Waals surface area contributed by atoms with Gasteiger partial charge in [0, 0.05) is 11.6 Å². The van der Waals surface area contributed by atoms with E-state index in [1.165, 1.54) is 20.2 Å². The van der Waals surface area contributed by atoms with Gasteiger partial charge in [-0.3, -0.25) is 4.79 Å². The summed E-state index contributed by atoms with van der Waals surface area (Å²) in [7, 11) is -0.566. The van der Waals surface area contributed by atoms with Crippen molar-refractivity contribution in [1.29, 1.82) is 0 Å². The van der Waals surface area contributed by atoms with Crippen molar-refractivity contribution in [2.24, 2.45) is 0 Å². The van der Waals surface area contributed by atoms with E-state index in [0.717, 1.165) is 5.56 Å². The number of nitrogens with one attached hydrogen (secondary N) is 2. The molecule has 0 saturated heterocycles. The van der Waals surface area contributed by atoms with Crippen LogP contribution in [0.15, 0.2) is 42.5 Å². The molecule has 2 aromatic carbocycles. The van der Waals surface area contributed by atoms with Gasteiger partial charge in [0.25, 0.3) is 5.91 Å². The average Bonchev–Trinajstić information content (AvgIpc) is 2.60. The molecule has 0 saturated carbocycles. The van der Waals surface area contributed by atoms with Crippen LogP contribution in [0.3, 0.4) is 0 Å². The molecule has 0 spiro atoms. The molecule has 0 heterocycles. The molecule has 0 aliphatic rings. The SMILES string of the molecule is CNS(=O)(=O)Cc1ccccc1CNC(=O)c1cc(Cl)ccc1OC. The molecule has 6 nitrogen and oxygen atoms in total. The Bertz CT molecular complexity index is 869. The lowest BCUT2D eigenvalue weighted by Gasteiger charge is -2.12. The van der Waals surface area contributed by atoms with Crippen molar-refractivity contribution in [1.82, 2.24) is 10.0 Å². The van der Waals surface area contributed by atoms with Crippen LogP contribution in [-0.4, -0.2) is 28.5 Å². The fourth-order valence-electron chi connectivity index (χ4n) is 2.28. The van der Waals surface area contributed by atoms with Gasteiger partial charge < -0.3 is 10.1 Å². The summed E-state index contributed by atoms with van der Waals surface area (Å²) >= 11 is 5.94. The Hall–Kier alpha value is -2.09. The number of ether oxygens (including phenoxy) is 1. The average molecular weight is 383 g/mol. The maximum absolute atomic E-state index is 12.4. The lowest BCUT2D eigenvalue weighted by molar-refractivity contribution is 0.0948. The van der Waals surface area contributed by atoms with Crippen molar-refractivity contribution < 1.29 is 17.9 Å². The zero-order valence-corrected chi connectivity index (χ0v) is 15.4. The molecule has 0 aromatic heterocycles. The van der Waals surface area contributed by atoms with Gasteiger partial charge in [0.15, 0.2) is 0 Å². The van der Waals surface area contributed by atoms with E-state index in [1.54, 1.807) is 36.4 Å². The standard InChI is InChI=1S/C17H19ClN2O4S/c1-19-25(22,23)11-13-6-4-3-5-12(13)10-20-17(21)15-9-14(18)7-8-16(15)24-2/h3-9,19H,10-11H2,1-2H3,(H,20,21). The van der Waals surface area contributed by atoms with Crippen LogP contribution >= 0.6 is 11.6 Å². The predicted octanol–water partition coefficient (Wildman–Crippen LogP) is 2.33. The molecule has 2 rings (SSSR count). The van der Waals surface area contributed by atoms with Gasteiger partial charge in [-0.2, -0.15) is 0 Å². The first-order chi connectivity index (χ1) is 11.9. The van der Waals surface area contributed by atoms with Gasteiger partial charge in [0.2, 0.25) is 10.0 Å². The second-order valence-electron chi connectivity index (χ2n) is 5.26. The first-order valence-corrected chi connectivity index (χ1v) is 9.49. The summed E-state index contributed by atoms with van der Waals surface area (Å²) in [5.41, 5.74) is 1.65. The highest BCUT2D eigenvalue weighted by Gasteiger charge is 2.15. The van der Waals surface area contributed by atoms with Crippen molar-refractivity contribution >= 4 is 27.5 Å². The third-order valence-electron chi connectivity index (χ3n) is 3.62. The van der Waals surface area contributed by atoms with Crippen molar-refractivity contribution in [3.05, 3.63) is 64.2 Å². The molecule has 0 aliphatic carbocycles. The summed E-state index contributed by atoms with van der Waals surface area (Å²) in [6, 6.07) is 11.8. The molecule has 134 valence electrons. The van der Waals surface area contributed by atoms with Gasteiger partial charge >= 0.3 is 0 Å². The van der Waals surface area contributed by atoms with Crippen molar-refractivity contribution in [2.45, 2.75) is 12.3 Å². The number of methoxy groups -OCH3 is 1. The van der Waals surface area contributed by atoms with E-state index in [4.69, 9.17) is 16.3 Å².